The molecule has 0 aromatic carbocycles. The minimum absolute atomic E-state index is 0.0853. The van der Waals surface area contributed by atoms with Crippen molar-refractivity contribution in [2.75, 3.05) is 6.61 Å². The van der Waals surface area contributed by atoms with Gasteiger partial charge in [0, 0.05) is 17.7 Å². The van der Waals surface area contributed by atoms with Crippen LogP contribution in [0.5, 0.6) is 0 Å². The average Bonchev–Trinajstić information content (AvgIpc) is 2.23. The molecule has 0 fully saturated rings. The van der Waals surface area contributed by atoms with Crippen LogP contribution in [-0.4, -0.2) is 24.5 Å². The van der Waals surface area contributed by atoms with Crippen LogP contribution in [-0.2, 0) is 28.9 Å². The summed E-state index contributed by atoms with van der Waals surface area (Å²) in [6.45, 7) is 6.49. The summed E-state index contributed by atoms with van der Waals surface area (Å²) in [7, 11) is 0. The fraction of sp³-hybridized carbons (Fsp3) is 0.300. The maximum atomic E-state index is 10.9. The number of hydrogen-bond donors (Lipinski definition) is 0. The molecule has 88 valence electrons. The fourth-order valence-electron chi connectivity index (χ4n) is 0.504. The van der Waals surface area contributed by atoms with E-state index in [-0.39, 0.29) is 12.2 Å². The first-order valence-electron chi connectivity index (χ1n) is 4.40. The Hall–Kier alpha value is -2.11. The number of ether oxygens (including phenoxy) is 1. The van der Waals surface area contributed by atoms with E-state index in [2.05, 4.69) is 21.1 Å². The van der Waals surface area contributed by atoms with E-state index in [9.17, 15) is 14.4 Å². The van der Waals surface area contributed by atoms with Crippen LogP contribution in [0.15, 0.2) is 24.3 Å². The van der Waals surface area contributed by atoms with Gasteiger partial charge in [0.15, 0.2) is 0 Å². The maximum absolute atomic E-state index is 10.9. The van der Waals surface area contributed by atoms with Gasteiger partial charge in [-0.2, -0.15) is 0 Å². The Kier molecular flexibility index (Phi) is 6.27. The summed E-state index contributed by atoms with van der Waals surface area (Å²) in [6, 6.07) is 0. The molecule has 0 rings (SSSR count). The average molecular weight is 228 g/mol. The third-order valence-electron chi connectivity index (χ3n) is 1.19. The normalized spacial score (nSPS) is 9.62. The van der Waals surface area contributed by atoms with Crippen molar-refractivity contribution in [3.63, 3.8) is 0 Å². The first kappa shape index (κ1) is 13.9. The molecule has 0 saturated carbocycles. The van der Waals surface area contributed by atoms with Crippen LogP contribution < -0.4 is 0 Å². The molecule has 0 aromatic heterocycles. The van der Waals surface area contributed by atoms with Crippen molar-refractivity contribution in [3.8, 4) is 0 Å². The molecule has 0 saturated heterocycles. The predicted molar refractivity (Wildman–Crippen MR) is 52.8 cm³/mol. The molecule has 6 nitrogen and oxygen atoms in total. The molecule has 0 aliphatic carbocycles. The van der Waals surface area contributed by atoms with E-state index >= 15 is 0 Å². The van der Waals surface area contributed by atoms with Gasteiger partial charge in [-0.3, -0.25) is 0 Å². The summed E-state index contributed by atoms with van der Waals surface area (Å²) < 4.78 is 4.50. The van der Waals surface area contributed by atoms with Gasteiger partial charge in [-0.25, -0.2) is 24.2 Å². The lowest BCUT2D eigenvalue weighted by Crippen LogP contribution is -2.10. The van der Waals surface area contributed by atoms with Crippen molar-refractivity contribution in [3.05, 3.63) is 24.3 Å². The van der Waals surface area contributed by atoms with Gasteiger partial charge in [-0.1, -0.05) is 6.58 Å². The number of hydrogen-bond acceptors (Lipinski definition) is 6. The van der Waals surface area contributed by atoms with Gasteiger partial charge in [0.05, 0.1) is 6.61 Å². The maximum Gasteiger partial charge on any atom is 0.381 e. The highest BCUT2D eigenvalue weighted by molar-refractivity contribution is 5.92. The van der Waals surface area contributed by atoms with Crippen LogP contribution in [0.25, 0.3) is 0 Å². The van der Waals surface area contributed by atoms with Crippen LogP contribution in [0.4, 0.5) is 0 Å². The molecule has 0 spiro atoms. The smallest absolute Gasteiger partial charge is 0.381 e. The molecule has 0 heterocycles. The van der Waals surface area contributed by atoms with Crippen LogP contribution >= 0.6 is 0 Å². The van der Waals surface area contributed by atoms with Gasteiger partial charge in [-0.05, 0) is 13.8 Å². The van der Waals surface area contributed by atoms with Crippen LogP contribution in [0.3, 0.4) is 0 Å². The monoisotopic (exact) mass is 228 g/mol. The first-order chi connectivity index (χ1) is 7.47. The summed E-state index contributed by atoms with van der Waals surface area (Å²) in [6.07, 6.45) is 1.64. The molecular formula is C10H12O6. The molecule has 0 amide bonds. The second kappa shape index (κ2) is 7.22. The number of carbonyl (C=O) groups excluding carboxylic acids is 3. The highest BCUT2D eigenvalue weighted by Gasteiger charge is 2.08. The van der Waals surface area contributed by atoms with E-state index in [1.807, 2.05) is 0 Å². The van der Waals surface area contributed by atoms with E-state index in [4.69, 9.17) is 0 Å². The lowest BCUT2D eigenvalue weighted by atomic mass is 10.4. The van der Waals surface area contributed by atoms with Gasteiger partial charge in [0.1, 0.15) is 0 Å². The minimum atomic E-state index is -0.998. The van der Waals surface area contributed by atoms with E-state index in [1.165, 1.54) is 6.92 Å². The summed E-state index contributed by atoms with van der Waals surface area (Å²) in [4.78, 5) is 40.5. The molecule has 0 unspecified atom stereocenters. The molecule has 6 heteroatoms. The van der Waals surface area contributed by atoms with E-state index in [1.54, 1.807) is 6.92 Å². The Labute approximate surface area is 92.4 Å². The zero-order chi connectivity index (χ0) is 12.6. The Morgan fingerprint density at radius 2 is 1.69 bits per heavy atom. The number of carbonyl (C=O) groups is 3. The van der Waals surface area contributed by atoms with E-state index < -0.39 is 17.9 Å². The van der Waals surface area contributed by atoms with Crippen LogP contribution in [0, 0.1) is 0 Å². The van der Waals surface area contributed by atoms with Crippen LogP contribution in [0.1, 0.15) is 13.8 Å². The standard InChI is InChI=1S/C10H12O6/c1-4-14-8(11)5-6-9(12)15-16-10(13)7(2)3/h5-6H,2,4H2,1,3H3. The van der Waals surface area contributed by atoms with Crippen molar-refractivity contribution in [1.29, 1.82) is 0 Å². The molecule has 0 bridgehead atoms. The summed E-state index contributed by atoms with van der Waals surface area (Å²) in [5, 5.41) is 0. The van der Waals surface area contributed by atoms with Gasteiger partial charge < -0.3 is 4.74 Å². The Morgan fingerprint density at radius 3 is 2.19 bits per heavy atom. The second-order valence-corrected chi connectivity index (χ2v) is 2.64. The molecule has 0 aliphatic rings. The lowest BCUT2D eigenvalue weighted by molar-refractivity contribution is -0.251. The van der Waals surface area contributed by atoms with E-state index in [0.29, 0.717) is 0 Å². The fourth-order valence-corrected chi connectivity index (χ4v) is 0.504. The molecule has 16 heavy (non-hydrogen) atoms. The lowest BCUT2D eigenvalue weighted by Gasteiger charge is -1.99. The Bertz CT molecular complexity index is 328. The molecule has 0 aromatic rings. The topological polar surface area (TPSA) is 78.9 Å². The summed E-state index contributed by atoms with van der Waals surface area (Å²) >= 11 is 0. The van der Waals surface area contributed by atoms with Gasteiger partial charge in [0.2, 0.25) is 0 Å². The van der Waals surface area contributed by atoms with Gasteiger partial charge >= 0.3 is 17.9 Å². The summed E-state index contributed by atoms with van der Waals surface area (Å²) in [5.74, 6) is -2.55. The van der Waals surface area contributed by atoms with Gasteiger partial charge in [0.25, 0.3) is 0 Å². The van der Waals surface area contributed by atoms with E-state index in [0.717, 1.165) is 12.2 Å². The summed E-state index contributed by atoms with van der Waals surface area (Å²) in [5.41, 5.74) is 0.0853. The third-order valence-corrected chi connectivity index (χ3v) is 1.19. The number of esters is 1. The highest BCUT2D eigenvalue weighted by Crippen LogP contribution is 1.94. The zero-order valence-corrected chi connectivity index (χ0v) is 9.02. The third kappa shape index (κ3) is 6.36. The zero-order valence-electron chi connectivity index (χ0n) is 9.02. The second-order valence-electron chi connectivity index (χ2n) is 2.64. The van der Waals surface area contributed by atoms with Crippen LogP contribution in [0.2, 0.25) is 0 Å². The number of rotatable bonds is 4. The molecule has 0 aliphatic heterocycles. The minimum Gasteiger partial charge on any atom is -0.463 e. The SMILES string of the molecule is C=C(C)C(=O)OOC(=O)C=CC(=O)OCC. The predicted octanol–water partition coefficient (Wildman–Crippen LogP) is 0.683. The Morgan fingerprint density at radius 1 is 1.12 bits per heavy atom. The molecule has 0 radical (unpaired) electrons. The Balaban J connectivity index is 3.96. The largest absolute Gasteiger partial charge is 0.463 e. The van der Waals surface area contributed by atoms with Crippen molar-refractivity contribution < 1.29 is 28.9 Å². The molecule has 0 N–H and O–H groups in total. The van der Waals surface area contributed by atoms with Crippen molar-refractivity contribution in [2.24, 2.45) is 0 Å². The van der Waals surface area contributed by atoms with Gasteiger partial charge in [-0.15, -0.1) is 0 Å². The quantitative estimate of drug-likeness (QED) is 0.305. The van der Waals surface area contributed by atoms with Crippen molar-refractivity contribution in [1.82, 2.24) is 0 Å². The first-order valence-corrected chi connectivity index (χ1v) is 4.40. The van der Waals surface area contributed by atoms with Crippen molar-refractivity contribution in [2.45, 2.75) is 13.8 Å². The highest BCUT2D eigenvalue weighted by atomic mass is 17.2. The van der Waals surface area contributed by atoms with Crippen molar-refractivity contribution >= 4 is 17.9 Å². The molecule has 0 atom stereocenters. The molecular weight excluding hydrogens is 216 g/mol.